The number of aromatic nitrogens is 4. The van der Waals surface area contributed by atoms with Crippen LogP contribution < -0.4 is 0 Å². The average Bonchev–Trinajstić information content (AvgIpc) is 2.89. The van der Waals surface area contributed by atoms with Crippen LogP contribution in [-0.2, 0) is 12.8 Å². The van der Waals surface area contributed by atoms with Crippen LogP contribution in [0.5, 0.6) is 0 Å². The second-order valence-corrected chi connectivity index (χ2v) is 6.30. The van der Waals surface area contributed by atoms with Gasteiger partial charge in [-0.1, -0.05) is 6.92 Å². The Kier molecular flexibility index (Phi) is 2.03. The van der Waals surface area contributed by atoms with Gasteiger partial charge >= 0.3 is 0 Å². The first kappa shape index (κ1) is 10.4. The molecule has 1 aliphatic carbocycles. The molecule has 1 atom stereocenters. The van der Waals surface area contributed by atoms with Gasteiger partial charge in [0.15, 0.2) is 5.65 Å². The largest absolute Gasteiger partial charge is 0.269 e. The summed E-state index contributed by atoms with van der Waals surface area (Å²) in [6.45, 7) is 4.30. The van der Waals surface area contributed by atoms with Gasteiger partial charge in [-0.2, -0.15) is 0 Å². The smallest absolute Gasteiger partial charge is 0.172 e. The van der Waals surface area contributed by atoms with Gasteiger partial charge in [-0.05, 0) is 37.7 Å². The molecule has 0 amide bonds. The third-order valence-corrected chi connectivity index (χ3v) is 5.04. The minimum Gasteiger partial charge on any atom is -0.269 e. The lowest BCUT2D eigenvalue weighted by atomic mass is 9.89. The van der Waals surface area contributed by atoms with Crippen LogP contribution in [0.3, 0.4) is 0 Å². The van der Waals surface area contributed by atoms with Crippen molar-refractivity contribution >= 4 is 27.2 Å². The molecule has 3 aromatic rings. The van der Waals surface area contributed by atoms with Gasteiger partial charge in [0.1, 0.15) is 17.0 Å². The highest BCUT2D eigenvalue weighted by Crippen LogP contribution is 2.38. The molecule has 92 valence electrons. The highest BCUT2D eigenvalue weighted by atomic mass is 32.1. The van der Waals surface area contributed by atoms with Crippen molar-refractivity contribution in [1.29, 1.82) is 0 Å². The van der Waals surface area contributed by atoms with Gasteiger partial charge in [0.05, 0.1) is 5.39 Å². The van der Waals surface area contributed by atoms with Gasteiger partial charge < -0.3 is 0 Å². The molecule has 0 saturated heterocycles. The maximum Gasteiger partial charge on any atom is 0.172 e. The minimum absolute atomic E-state index is 0.793. The van der Waals surface area contributed by atoms with Crippen molar-refractivity contribution in [2.45, 2.75) is 33.1 Å². The Hall–Kier alpha value is -1.49. The van der Waals surface area contributed by atoms with E-state index < -0.39 is 0 Å². The number of hydrogen-bond donors (Lipinski definition) is 0. The van der Waals surface area contributed by atoms with Gasteiger partial charge in [0.25, 0.3) is 0 Å². The Morgan fingerprint density at radius 2 is 2.28 bits per heavy atom. The lowest BCUT2D eigenvalue weighted by molar-refractivity contribution is 0.509. The predicted molar refractivity (Wildman–Crippen MR) is 72.1 cm³/mol. The lowest BCUT2D eigenvalue weighted by Gasteiger charge is -2.17. The van der Waals surface area contributed by atoms with Crippen LogP contribution in [0.15, 0.2) is 6.33 Å². The van der Waals surface area contributed by atoms with E-state index in [-0.39, 0.29) is 0 Å². The molecular weight excluding hydrogens is 244 g/mol. The second kappa shape index (κ2) is 3.51. The number of nitrogens with zero attached hydrogens (tertiary/aromatic N) is 4. The Morgan fingerprint density at radius 3 is 3.17 bits per heavy atom. The Balaban J connectivity index is 2.12. The molecule has 0 unspecified atom stereocenters. The number of thiophene rings is 1. The zero-order valence-electron chi connectivity index (χ0n) is 10.5. The maximum absolute atomic E-state index is 4.57. The molecule has 0 saturated carbocycles. The SMILES string of the molecule is Cc1nnc2c3c4c(sc3ncn12)C[C@H](C)CC4. The number of rotatable bonds is 0. The molecule has 0 spiro atoms. The van der Waals surface area contributed by atoms with Gasteiger partial charge in [-0.15, -0.1) is 21.5 Å². The Labute approximate surface area is 109 Å². The molecule has 3 heterocycles. The molecule has 4 rings (SSSR count). The molecule has 0 bridgehead atoms. The molecular formula is C13H14N4S. The van der Waals surface area contributed by atoms with E-state index in [4.69, 9.17) is 0 Å². The van der Waals surface area contributed by atoms with Crippen LogP contribution in [-0.4, -0.2) is 19.6 Å². The topological polar surface area (TPSA) is 43.1 Å². The van der Waals surface area contributed by atoms with Crippen LogP contribution in [0.1, 0.15) is 29.6 Å². The van der Waals surface area contributed by atoms with E-state index in [1.165, 1.54) is 28.7 Å². The molecule has 0 N–H and O–H groups in total. The zero-order chi connectivity index (χ0) is 12.3. The fraction of sp³-hybridized carbons (Fsp3) is 0.462. The van der Waals surface area contributed by atoms with Crippen LogP contribution >= 0.6 is 11.3 Å². The molecule has 0 radical (unpaired) electrons. The fourth-order valence-electron chi connectivity index (χ4n) is 2.85. The summed E-state index contributed by atoms with van der Waals surface area (Å²) in [5.74, 6) is 1.70. The van der Waals surface area contributed by atoms with Crippen molar-refractivity contribution in [3.05, 3.63) is 22.6 Å². The Morgan fingerprint density at radius 1 is 1.39 bits per heavy atom. The molecule has 0 fully saturated rings. The monoisotopic (exact) mass is 258 g/mol. The molecule has 5 heteroatoms. The highest BCUT2D eigenvalue weighted by Gasteiger charge is 2.23. The third kappa shape index (κ3) is 1.28. The number of hydrogen-bond acceptors (Lipinski definition) is 4. The average molecular weight is 258 g/mol. The van der Waals surface area contributed by atoms with E-state index >= 15 is 0 Å². The predicted octanol–water partition coefficient (Wildman–Crippen LogP) is 2.77. The van der Waals surface area contributed by atoms with Crippen LogP contribution in [0.25, 0.3) is 15.9 Å². The number of aryl methyl sites for hydroxylation is 2. The molecule has 0 aliphatic heterocycles. The summed E-state index contributed by atoms with van der Waals surface area (Å²) in [7, 11) is 0. The second-order valence-electron chi connectivity index (χ2n) is 5.22. The number of fused-ring (bicyclic) bond motifs is 5. The van der Waals surface area contributed by atoms with Gasteiger partial charge in [-0.25, -0.2) is 4.98 Å². The fourth-order valence-corrected chi connectivity index (χ4v) is 4.19. The van der Waals surface area contributed by atoms with Crippen molar-refractivity contribution in [1.82, 2.24) is 19.6 Å². The van der Waals surface area contributed by atoms with Crippen LogP contribution in [0.2, 0.25) is 0 Å². The third-order valence-electron chi connectivity index (χ3n) is 3.87. The van der Waals surface area contributed by atoms with E-state index in [2.05, 4.69) is 22.1 Å². The van der Waals surface area contributed by atoms with Crippen molar-refractivity contribution in [2.24, 2.45) is 5.92 Å². The van der Waals surface area contributed by atoms with E-state index in [1.807, 2.05) is 29.0 Å². The van der Waals surface area contributed by atoms with Gasteiger partial charge in [-0.3, -0.25) is 4.40 Å². The van der Waals surface area contributed by atoms with Crippen molar-refractivity contribution in [3.8, 4) is 0 Å². The summed E-state index contributed by atoms with van der Waals surface area (Å²) < 4.78 is 1.99. The van der Waals surface area contributed by atoms with Crippen molar-refractivity contribution < 1.29 is 0 Å². The van der Waals surface area contributed by atoms with E-state index in [1.54, 1.807) is 0 Å². The summed E-state index contributed by atoms with van der Waals surface area (Å²) in [4.78, 5) is 7.20. The van der Waals surface area contributed by atoms with Crippen molar-refractivity contribution in [2.75, 3.05) is 0 Å². The maximum atomic E-state index is 4.57. The molecule has 4 nitrogen and oxygen atoms in total. The first-order valence-electron chi connectivity index (χ1n) is 6.34. The zero-order valence-corrected chi connectivity index (χ0v) is 11.3. The van der Waals surface area contributed by atoms with E-state index in [0.29, 0.717) is 0 Å². The van der Waals surface area contributed by atoms with Crippen LogP contribution in [0, 0.1) is 12.8 Å². The quantitative estimate of drug-likeness (QED) is 0.622. The summed E-state index contributed by atoms with van der Waals surface area (Å²) in [5, 5.41) is 9.73. The Bertz CT molecular complexity index is 755. The van der Waals surface area contributed by atoms with Crippen LogP contribution in [0.4, 0.5) is 0 Å². The molecule has 0 aromatic carbocycles. The highest BCUT2D eigenvalue weighted by molar-refractivity contribution is 7.19. The lowest BCUT2D eigenvalue weighted by Crippen LogP contribution is -2.08. The van der Waals surface area contributed by atoms with Gasteiger partial charge in [0.2, 0.25) is 0 Å². The summed E-state index contributed by atoms with van der Waals surface area (Å²) in [6, 6.07) is 0. The summed E-state index contributed by atoms with van der Waals surface area (Å²) in [5.41, 5.74) is 2.45. The van der Waals surface area contributed by atoms with E-state index in [9.17, 15) is 0 Å². The molecule has 3 aromatic heterocycles. The van der Waals surface area contributed by atoms with Crippen molar-refractivity contribution in [3.63, 3.8) is 0 Å². The first-order chi connectivity index (χ1) is 8.74. The molecule has 1 aliphatic rings. The van der Waals surface area contributed by atoms with Gasteiger partial charge in [0, 0.05) is 4.88 Å². The standard InChI is InChI=1S/C13H14N4S/c1-7-3-4-9-10(5-7)18-13-11(9)12-16-15-8(2)17(12)6-14-13/h6-7H,3-5H2,1-2H3/t7-/m1/s1. The summed E-state index contributed by atoms with van der Waals surface area (Å²) in [6.07, 6.45) is 5.46. The first-order valence-corrected chi connectivity index (χ1v) is 7.16. The normalized spacial score (nSPS) is 19.6. The molecule has 18 heavy (non-hydrogen) atoms. The van der Waals surface area contributed by atoms with E-state index in [0.717, 1.165) is 28.6 Å². The minimum atomic E-state index is 0.793. The summed E-state index contributed by atoms with van der Waals surface area (Å²) >= 11 is 1.84.